The highest BCUT2D eigenvalue weighted by Gasteiger charge is 2.43. The molecule has 1 saturated heterocycles. The molecule has 2 atom stereocenters. The lowest BCUT2D eigenvalue weighted by atomic mass is 9.81. The van der Waals surface area contributed by atoms with Crippen LogP contribution in [0.2, 0.25) is 0 Å². The monoisotopic (exact) mass is 465 g/mol. The molecule has 0 unspecified atom stereocenters. The van der Waals surface area contributed by atoms with Gasteiger partial charge in [0, 0.05) is 36.6 Å². The summed E-state index contributed by atoms with van der Waals surface area (Å²) in [7, 11) is 1.71. The molecule has 9 heteroatoms. The molecular formula is C25H22F3N5O. The summed E-state index contributed by atoms with van der Waals surface area (Å²) in [6.45, 7) is 1.91. The Morgan fingerprint density at radius 3 is 2.62 bits per heavy atom. The Bertz CT molecular complexity index is 1450. The number of hydrogen-bond donors (Lipinski definition) is 0. The van der Waals surface area contributed by atoms with Crippen LogP contribution in [0.1, 0.15) is 52.6 Å². The number of carbonyl (C=O) groups excluding carboxylic acids is 1. The zero-order valence-electron chi connectivity index (χ0n) is 18.7. The van der Waals surface area contributed by atoms with Crippen molar-refractivity contribution in [1.82, 2.24) is 24.1 Å². The first-order valence-electron chi connectivity index (χ1n) is 11.3. The Labute approximate surface area is 193 Å². The van der Waals surface area contributed by atoms with E-state index in [-0.39, 0.29) is 23.6 Å². The van der Waals surface area contributed by atoms with Crippen molar-refractivity contribution < 1.29 is 18.0 Å². The van der Waals surface area contributed by atoms with Crippen molar-refractivity contribution >= 4 is 11.6 Å². The standard InChI is InChI=1S/C25H22F3N5O/c1-13-11-32-12-14(6-7-21(32)29-13)25(34)33-16-4-3-5-20(33)23-17(10-16)24(31(2)30-23)15-8-18(26)22(28)19(27)9-15/h6-9,11-12,16,20H,3-5,10H2,1-2H3/t16-,20+/m0/s1. The highest BCUT2D eigenvalue weighted by Crippen LogP contribution is 2.45. The lowest BCUT2D eigenvalue weighted by molar-refractivity contribution is 0.0391. The largest absolute Gasteiger partial charge is 0.327 e. The smallest absolute Gasteiger partial charge is 0.256 e. The van der Waals surface area contributed by atoms with Crippen molar-refractivity contribution in [2.45, 2.75) is 44.7 Å². The summed E-state index contributed by atoms with van der Waals surface area (Å²) in [6, 6.07) is 5.35. The van der Waals surface area contributed by atoms with Crippen LogP contribution in [0.5, 0.6) is 0 Å². The van der Waals surface area contributed by atoms with Crippen LogP contribution in [0.4, 0.5) is 13.2 Å². The SMILES string of the molecule is Cc1cn2cc(C(=O)N3[C@H]4CCC[C@@H]3c3nn(C)c(-c5cc(F)c(F)c(F)c5)c3C4)ccc2n1. The number of amides is 1. The second-order valence-corrected chi connectivity index (χ2v) is 9.17. The molecule has 1 aromatic carbocycles. The second-order valence-electron chi connectivity index (χ2n) is 9.17. The molecule has 6 rings (SSSR count). The van der Waals surface area contributed by atoms with E-state index in [1.165, 1.54) is 0 Å². The first kappa shape index (κ1) is 20.9. The van der Waals surface area contributed by atoms with E-state index >= 15 is 0 Å². The van der Waals surface area contributed by atoms with Gasteiger partial charge < -0.3 is 9.30 Å². The molecule has 1 fully saturated rings. The van der Waals surface area contributed by atoms with E-state index in [0.717, 1.165) is 54.0 Å². The number of piperidine rings is 1. The molecule has 34 heavy (non-hydrogen) atoms. The number of carbonyl (C=O) groups is 1. The predicted molar refractivity (Wildman–Crippen MR) is 119 cm³/mol. The highest BCUT2D eigenvalue weighted by atomic mass is 19.2. The van der Waals surface area contributed by atoms with Crippen molar-refractivity contribution in [2.75, 3.05) is 0 Å². The molecule has 0 saturated carbocycles. The second kappa shape index (κ2) is 7.44. The van der Waals surface area contributed by atoms with E-state index in [9.17, 15) is 18.0 Å². The molecule has 3 aromatic heterocycles. The van der Waals surface area contributed by atoms with Crippen LogP contribution in [0.3, 0.4) is 0 Å². The number of rotatable bonds is 2. The topological polar surface area (TPSA) is 55.4 Å². The summed E-state index contributed by atoms with van der Waals surface area (Å²) in [5, 5.41) is 4.68. The number of imidazole rings is 1. The zero-order valence-corrected chi connectivity index (χ0v) is 18.7. The zero-order chi connectivity index (χ0) is 23.7. The quantitative estimate of drug-likeness (QED) is 0.402. The van der Waals surface area contributed by atoms with Crippen LogP contribution in [-0.2, 0) is 13.5 Å². The molecule has 2 aliphatic heterocycles. The number of hydrogen-bond acceptors (Lipinski definition) is 3. The van der Waals surface area contributed by atoms with Crippen LogP contribution in [0, 0.1) is 24.4 Å². The van der Waals surface area contributed by atoms with E-state index in [0.29, 0.717) is 17.7 Å². The Morgan fingerprint density at radius 2 is 1.85 bits per heavy atom. The Hall–Kier alpha value is -3.62. The third-order valence-electron chi connectivity index (χ3n) is 6.99. The summed E-state index contributed by atoms with van der Waals surface area (Å²) in [5.74, 6) is -4.02. The third kappa shape index (κ3) is 3.06. The Morgan fingerprint density at radius 1 is 1.09 bits per heavy atom. The van der Waals surface area contributed by atoms with Crippen LogP contribution in [0.25, 0.3) is 16.9 Å². The average Bonchev–Trinajstić information content (AvgIpc) is 3.33. The summed E-state index contributed by atoms with van der Waals surface area (Å²) in [4.78, 5) is 20.0. The number of fused-ring (bicyclic) bond motifs is 5. The van der Waals surface area contributed by atoms with Gasteiger partial charge in [-0.2, -0.15) is 5.10 Å². The molecule has 5 heterocycles. The van der Waals surface area contributed by atoms with Crippen LogP contribution in [0.15, 0.2) is 36.7 Å². The molecule has 0 N–H and O–H groups in total. The van der Waals surface area contributed by atoms with E-state index in [1.807, 2.05) is 28.5 Å². The van der Waals surface area contributed by atoms with Crippen LogP contribution in [-0.4, -0.2) is 36.0 Å². The normalized spacial score (nSPS) is 19.5. The van der Waals surface area contributed by atoms with Gasteiger partial charge in [0.05, 0.1) is 28.7 Å². The summed E-state index contributed by atoms with van der Waals surface area (Å²) in [6.07, 6.45) is 6.75. The minimum absolute atomic E-state index is 0.0583. The number of pyridine rings is 1. The van der Waals surface area contributed by atoms with Crippen molar-refractivity contribution in [3.8, 4) is 11.3 Å². The van der Waals surface area contributed by atoms with E-state index < -0.39 is 17.5 Å². The van der Waals surface area contributed by atoms with E-state index in [1.54, 1.807) is 24.0 Å². The fourth-order valence-electron chi connectivity index (χ4n) is 5.60. The Balaban J connectivity index is 1.42. The molecule has 0 spiro atoms. The first-order valence-corrected chi connectivity index (χ1v) is 11.3. The average molecular weight is 465 g/mol. The molecule has 1 amide bonds. The predicted octanol–water partition coefficient (Wildman–Crippen LogP) is 4.75. The summed E-state index contributed by atoms with van der Waals surface area (Å²) >= 11 is 0. The van der Waals surface area contributed by atoms with Gasteiger partial charge in [-0.1, -0.05) is 0 Å². The van der Waals surface area contributed by atoms with Crippen LogP contribution < -0.4 is 0 Å². The van der Waals surface area contributed by atoms with Gasteiger partial charge in [-0.05, 0) is 56.9 Å². The number of nitrogens with zero attached hydrogens (tertiary/aromatic N) is 5. The van der Waals surface area contributed by atoms with Gasteiger partial charge in [0.2, 0.25) is 0 Å². The van der Waals surface area contributed by atoms with Gasteiger partial charge >= 0.3 is 0 Å². The van der Waals surface area contributed by atoms with Gasteiger partial charge in [-0.25, -0.2) is 18.2 Å². The maximum Gasteiger partial charge on any atom is 0.256 e. The number of aromatic nitrogens is 4. The van der Waals surface area contributed by atoms with Crippen LogP contribution >= 0.6 is 0 Å². The third-order valence-corrected chi connectivity index (χ3v) is 6.99. The molecule has 4 aromatic rings. The van der Waals surface area contributed by atoms with Gasteiger partial charge in [-0.15, -0.1) is 0 Å². The minimum Gasteiger partial charge on any atom is -0.327 e. The van der Waals surface area contributed by atoms with Crippen molar-refractivity contribution in [3.05, 3.63) is 76.6 Å². The first-order chi connectivity index (χ1) is 16.3. The lowest BCUT2D eigenvalue weighted by Crippen LogP contribution is -2.49. The number of benzene rings is 1. The highest BCUT2D eigenvalue weighted by molar-refractivity contribution is 5.95. The summed E-state index contributed by atoms with van der Waals surface area (Å²) in [5.41, 5.74) is 4.64. The fraction of sp³-hybridized carbons (Fsp3) is 0.320. The van der Waals surface area contributed by atoms with Crippen molar-refractivity contribution in [1.29, 1.82) is 0 Å². The van der Waals surface area contributed by atoms with Crippen molar-refractivity contribution in [2.24, 2.45) is 7.05 Å². The van der Waals surface area contributed by atoms with Gasteiger partial charge in [0.15, 0.2) is 17.5 Å². The Kier molecular flexibility index (Phi) is 4.59. The minimum atomic E-state index is -1.49. The molecule has 174 valence electrons. The lowest BCUT2D eigenvalue weighted by Gasteiger charge is -2.45. The van der Waals surface area contributed by atoms with E-state index in [4.69, 9.17) is 0 Å². The maximum absolute atomic E-state index is 14.0. The molecule has 6 nitrogen and oxygen atoms in total. The molecule has 0 radical (unpaired) electrons. The van der Waals surface area contributed by atoms with Gasteiger partial charge in [0.25, 0.3) is 5.91 Å². The molecule has 2 bridgehead atoms. The molecule has 0 aliphatic carbocycles. The fourth-order valence-corrected chi connectivity index (χ4v) is 5.60. The number of halogens is 3. The summed E-state index contributed by atoms with van der Waals surface area (Å²) < 4.78 is 45.0. The van der Waals surface area contributed by atoms with E-state index in [2.05, 4.69) is 10.1 Å². The van der Waals surface area contributed by atoms with Gasteiger partial charge in [0.1, 0.15) is 5.65 Å². The van der Waals surface area contributed by atoms with Crippen molar-refractivity contribution in [3.63, 3.8) is 0 Å². The number of aryl methyl sites for hydroxylation is 2. The maximum atomic E-state index is 14.0. The van der Waals surface area contributed by atoms with Gasteiger partial charge in [-0.3, -0.25) is 9.48 Å². The molecule has 2 aliphatic rings. The molecular weight excluding hydrogens is 443 g/mol.